The molecule has 0 aromatic heterocycles. The van der Waals surface area contributed by atoms with Gasteiger partial charge in [-0.25, -0.2) is 4.39 Å². The van der Waals surface area contributed by atoms with Crippen molar-refractivity contribution in [3.63, 3.8) is 0 Å². The Kier molecular flexibility index (Phi) is 4.32. The molecule has 1 rings (SSSR count). The number of hydrogen-bond donors (Lipinski definition) is 1. The molecule has 0 radical (unpaired) electrons. The summed E-state index contributed by atoms with van der Waals surface area (Å²) in [6.45, 7) is 2.00. The minimum Gasteiger partial charge on any atom is -0.305 e. The van der Waals surface area contributed by atoms with E-state index in [0.717, 1.165) is 5.56 Å². The van der Waals surface area contributed by atoms with E-state index in [1.807, 2.05) is 0 Å². The zero-order valence-electron chi connectivity index (χ0n) is 8.18. The number of halogens is 2. The molecule has 0 saturated carbocycles. The highest BCUT2D eigenvalue weighted by Crippen LogP contribution is 2.23. The highest BCUT2D eigenvalue weighted by atomic mass is 35.5. The Labute approximate surface area is 88.0 Å². The Bertz CT molecular complexity index is 304. The maximum atomic E-state index is 12.9. The molecule has 0 heterocycles. The van der Waals surface area contributed by atoms with Gasteiger partial charge in [-0.15, -0.1) is 0 Å². The fourth-order valence-corrected chi connectivity index (χ4v) is 1.36. The molecule has 0 aliphatic heterocycles. The van der Waals surface area contributed by atoms with Crippen LogP contribution in [0.2, 0.25) is 5.02 Å². The third-order valence-corrected chi connectivity index (χ3v) is 2.30. The van der Waals surface area contributed by atoms with Crippen LogP contribution in [0.1, 0.15) is 24.2 Å². The monoisotopic (exact) mass is 217 g/mol. The van der Waals surface area contributed by atoms with E-state index >= 15 is 0 Å². The van der Waals surface area contributed by atoms with Gasteiger partial charge in [0.15, 0.2) is 0 Å². The maximum Gasteiger partial charge on any atom is 0.122 e. The van der Waals surface area contributed by atoms with Crippen molar-refractivity contribution in [1.29, 1.82) is 0 Å². The molecule has 78 valence electrons. The minimum atomic E-state index is -0.989. The number of rotatable bonds is 4. The van der Waals surface area contributed by atoms with E-state index in [0.29, 0.717) is 17.1 Å². The van der Waals surface area contributed by atoms with Gasteiger partial charge >= 0.3 is 0 Å². The summed E-state index contributed by atoms with van der Waals surface area (Å²) in [5.41, 5.74) is 4.16. The van der Waals surface area contributed by atoms with E-state index in [-0.39, 0.29) is 0 Å². The van der Waals surface area contributed by atoms with Crippen molar-refractivity contribution in [2.45, 2.75) is 19.6 Å². The van der Waals surface area contributed by atoms with Crippen molar-refractivity contribution in [2.24, 2.45) is 0 Å². The van der Waals surface area contributed by atoms with Gasteiger partial charge in [0.25, 0.3) is 0 Å². The van der Waals surface area contributed by atoms with Crippen molar-refractivity contribution in [3.05, 3.63) is 34.3 Å². The van der Waals surface area contributed by atoms with E-state index in [1.165, 1.54) is 14.0 Å². The van der Waals surface area contributed by atoms with Crippen LogP contribution < -0.4 is 5.48 Å². The number of nitrogens with one attached hydrogen (secondary N) is 1. The number of benzene rings is 1. The predicted molar refractivity (Wildman–Crippen MR) is 54.8 cm³/mol. The average Bonchev–Trinajstić information content (AvgIpc) is 2.15. The molecule has 14 heavy (non-hydrogen) atoms. The maximum absolute atomic E-state index is 12.9. The van der Waals surface area contributed by atoms with E-state index in [1.54, 1.807) is 18.2 Å². The smallest absolute Gasteiger partial charge is 0.122 e. The highest BCUT2D eigenvalue weighted by molar-refractivity contribution is 6.31. The summed E-state index contributed by atoms with van der Waals surface area (Å²) >= 11 is 5.95. The molecule has 0 bridgehead atoms. The van der Waals surface area contributed by atoms with Crippen LogP contribution in [0.25, 0.3) is 0 Å². The molecular weight excluding hydrogens is 205 g/mol. The first kappa shape index (κ1) is 11.4. The molecule has 0 fully saturated rings. The largest absolute Gasteiger partial charge is 0.305 e. The standard InChI is InChI=1S/C10H13ClFNO/c1-7(12)8-3-4-9(6-13-14-2)10(11)5-8/h3-5,7,13H,6H2,1-2H3. The third kappa shape index (κ3) is 2.94. The lowest BCUT2D eigenvalue weighted by Crippen LogP contribution is -2.11. The summed E-state index contributed by atoms with van der Waals surface area (Å²) in [6, 6.07) is 5.15. The Balaban J connectivity index is 2.79. The van der Waals surface area contributed by atoms with E-state index in [9.17, 15) is 4.39 Å². The van der Waals surface area contributed by atoms with E-state index < -0.39 is 6.17 Å². The van der Waals surface area contributed by atoms with Crippen molar-refractivity contribution < 1.29 is 9.23 Å². The lowest BCUT2D eigenvalue weighted by Gasteiger charge is -2.07. The van der Waals surface area contributed by atoms with Crippen LogP contribution in [0, 0.1) is 0 Å². The molecule has 0 amide bonds. The van der Waals surface area contributed by atoms with Crippen molar-refractivity contribution in [1.82, 2.24) is 5.48 Å². The minimum absolute atomic E-state index is 0.510. The molecule has 0 aliphatic rings. The zero-order chi connectivity index (χ0) is 10.6. The predicted octanol–water partition coefficient (Wildman–Crippen LogP) is 3.02. The summed E-state index contributed by atoms with van der Waals surface area (Å²) in [5.74, 6) is 0. The summed E-state index contributed by atoms with van der Waals surface area (Å²) in [7, 11) is 1.53. The Morgan fingerprint density at radius 2 is 2.29 bits per heavy atom. The van der Waals surface area contributed by atoms with Gasteiger partial charge < -0.3 is 4.84 Å². The van der Waals surface area contributed by atoms with Gasteiger partial charge in [0.05, 0.1) is 7.11 Å². The van der Waals surface area contributed by atoms with Gasteiger partial charge in [-0.2, -0.15) is 5.48 Å². The third-order valence-electron chi connectivity index (χ3n) is 1.94. The van der Waals surface area contributed by atoms with Crippen molar-refractivity contribution in [3.8, 4) is 0 Å². The normalized spacial score (nSPS) is 12.9. The lowest BCUT2D eigenvalue weighted by atomic mass is 10.1. The van der Waals surface area contributed by atoms with Gasteiger partial charge in [-0.1, -0.05) is 23.7 Å². The van der Waals surface area contributed by atoms with Gasteiger partial charge in [0.2, 0.25) is 0 Å². The van der Waals surface area contributed by atoms with Crippen LogP contribution in [0.5, 0.6) is 0 Å². The van der Waals surface area contributed by atoms with E-state index in [4.69, 9.17) is 16.4 Å². The molecule has 0 spiro atoms. The molecule has 1 atom stereocenters. The SMILES string of the molecule is CONCc1ccc(C(C)F)cc1Cl. The van der Waals surface area contributed by atoms with Crippen molar-refractivity contribution >= 4 is 11.6 Å². The topological polar surface area (TPSA) is 21.3 Å². The molecule has 4 heteroatoms. The van der Waals surface area contributed by atoms with Crippen LogP contribution in [0.3, 0.4) is 0 Å². The Morgan fingerprint density at radius 3 is 2.79 bits per heavy atom. The molecule has 0 aliphatic carbocycles. The Morgan fingerprint density at radius 1 is 1.57 bits per heavy atom. The number of alkyl halides is 1. The second-order valence-corrected chi connectivity index (χ2v) is 3.40. The number of hydroxylamine groups is 1. The van der Waals surface area contributed by atoms with Crippen LogP contribution in [-0.2, 0) is 11.4 Å². The van der Waals surface area contributed by atoms with E-state index in [2.05, 4.69) is 5.48 Å². The van der Waals surface area contributed by atoms with Crippen molar-refractivity contribution in [2.75, 3.05) is 7.11 Å². The van der Waals surface area contributed by atoms with Gasteiger partial charge in [0.1, 0.15) is 6.17 Å². The van der Waals surface area contributed by atoms with Gasteiger partial charge in [0, 0.05) is 11.6 Å². The molecule has 2 nitrogen and oxygen atoms in total. The molecule has 1 unspecified atom stereocenters. The number of hydrogen-bond acceptors (Lipinski definition) is 2. The first-order valence-corrected chi connectivity index (χ1v) is 4.71. The van der Waals surface area contributed by atoms with Crippen LogP contribution in [0.15, 0.2) is 18.2 Å². The molecular formula is C10H13ClFNO. The summed E-state index contributed by atoms with van der Waals surface area (Å²) in [5, 5.41) is 0.552. The second-order valence-electron chi connectivity index (χ2n) is 2.99. The fourth-order valence-electron chi connectivity index (χ4n) is 1.10. The molecule has 1 aromatic rings. The highest BCUT2D eigenvalue weighted by Gasteiger charge is 2.06. The first-order valence-electron chi connectivity index (χ1n) is 4.33. The zero-order valence-corrected chi connectivity index (χ0v) is 8.94. The van der Waals surface area contributed by atoms with Crippen LogP contribution in [-0.4, -0.2) is 7.11 Å². The lowest BCUT2D eigenvalue weighted by molar-refractivity contribution is 0.0867. The molecule has 1 N–H and O–H groups in total. The fraction of sp³-hybridized carbons (Fsp3) is 0.400. The van der Waals surface area contributed by atoms with Crippen LogP contribution in [0.4, 0.5) is 4.39 Å². The first-order chi connectivity index (χ1) is 6.65. The second kappa shape index (κ2) is 5.29. The quantitative estimate of drug-likeness (QED) is 0.783. The Hall–Kier alpha value is -0.640. The molecule has 1 aromatic carbocycles. The summed E-state index contributed by atoms with van der Waals surface area (Å²) in [6.07, 6.45) is -0.989. The van der Waals surface area contributed by atoms with Gasteiger partial charge in [-0.05, 0) is 24.1 Å². The van der Waals surface area contributed by atoms with Gasteiger partial charge in [-0.3, -0.25) is 0 Å². The summed E-state index contributed by atoms with van der Waals surface area (Å²) < 4.78 is 12.9. The molecule has 0 saturated heterocycles. The summed E-state index contributed by atoms with van der Waals surface area (Å²) in [4.78, 5) is 4.70. The average molecular weight is 218 g/mol. The van der Waals surface area contributed by atoms with Crippen LogP contribution >= 0.6 is 11.6 Å².